The number of thioether (sulfide) groups is 2. The second kappa shape index (κ2) is 12.5. The topological polar surface area (TPSA) is 84.0 Å². The molecule has 1 aromatic heterocycles. The molecule has 2 N–H and O–H groups in total. The molecule has 0 spiro atoms. The highest BCUT2D eigenvalue weighted by Crippen LogP contribution is 2.37. The summed E-state index contributed by atoms with van der Waals surface area (Å²) in [6.07, 6.45) is 0.317. The van der Waals surface area contributed by atoms with E-state index in [1.54, 1.807) is 0 Å². The van der Waals surface area contributed by atoms with Gasteiger partial charge in [0.05, 0.1) is 6.42 Å². The van der Waals surface area contributed by atoms with E-state index in [-0.39, 0.29) is 11.8 Å². The Labute approximate surface area is 217 Å². The average molecular weight is 521 g/mol. The molecule has 35 heavy (non-hydrogen) atoms. The van der Waals surface area contributed by atoms with Crippen molar-refractivity contribution in [3.8, 4) is 0 Å². The third-order valence-corrected chi connectivity index (χ3v) is 7.59. The average Bonchev–Trinajstić information content (AvgIpc) is 3.31. The molecule has 0 aliphatic heterocycles. The first-order chi connectivity index (χ1) is 17.1. The van der Waals surface area contributed by atoms with Gasteiger partial charge in [-0.1, -0.05) is 79.3 Å². The van der Waals surface area contributed by atoms with Crippen molar-refractivity contribution in [2.75, 3.05) is 16.4 Å². The molecule has 0 saturated carbocycles. The van der Waals surface area contributed by atoms with E-state index in [0.717, 1.165) is 21.8 Å². The predicted molar refractivity (Wildman–Crippen MR) is 145 cm³/mol. The van der Waals surface area contributed by atoms with Crippen molar-refractivity contribution in [3.05, 3.63) is 96.1 Å². The van der Waals surface area contributed by atoms with Crippen LogP contribution in [0.1, 0.15) is 23.3 Å². The third kappa shape index (κ3) is 7.42. The molecule has 0 bridgehead atoms. The summed E-state index contributed by atoms with van der Waals surface area (Å²) in [6, 6.07) is 26.8. The van der Waals surface area contributed by atoms with Crippen LogP contribution in [-0.2, 0) is 16.0 Å². The fourth-order valence-electron chi connectivity index (χ4n) is 3.26. The summed E-state index contributed by atoms with van der Waals surface area (Å²) >= 11 is 4.16. The van der Waals surface area contributed by atoms with Crippen LogP contribution in [0.25, 0.3) is 0 Å². The Hall–Kier alpha value is -3.14. The highest BCUT2D eigenvalue weighted by molar-refractivity contribution is 8.00. The normalized spacial score (nSPS) is 11.6. The van der Waals surface area contributed by atoms with Gasteiger partial charge in [0.15, 0.2) is 0 Å². The van der Waals surface area contributed by atoms with E-state index in [1.165, 1.54) is 35.1 Å². The number of hydrogen-bond acceptors (Lipinski definition) is 7. The summed E-state index contributed by atoms with van der Waals surface area (Å²) in [4.78, 5) is 30.9. The summed E-state index contributed by atoms with van der Waals surface area (Å²) in [5.41, 5.74) is 2.57. The zero-order chi connectivity index (χ0) is 24.5. The van der Waals surface area contributed by atoms with Crippen molar-refractivity contribution < 1.29 is 9.59 Å². The van der Waals surface area contributed by atoms with Gasteiger partial charge in [0.1, 0.15) is 5.25 Å². The summed E-state index contributed by atoms with van der Waals surface area (Å²) in [6.45, 7) is 2.03. The molecule has 0 radical (unpaired) electrons. The molecule has 1 heterocycles. The van der Waals surface area contributed by atoms with Crippen molar-refractivity contribution in [2.45, 2.75) is 28.6 Å². The molecule has 3 aromatic carbocycles. The quantitative estimate of drug-likeness (QED) is 0.239. The summed E-state index contributed by atoms with van der Waals surface area (Å²) in [7, 11) is 0. The largest absolute Gasteiger partial charge is 0.326 e. The van der Waals surface area contributed by atoms with E-state index < -0.39 is 5.25 Å². The van der Waals surface area contributed by atoms with E-state index in [0.29, 0.717) is 22.4 Å². The van der Waals surface area contributed by atoms with Crippen LogP contribution < -0.4 is 10.6 Å². The number of benzene rings is 3. The highest BCUT2D eigenvalue weighted by atomic mass is 32.2. The van der Waals surface area contributed by atoms with Gasteiger partial charge in [-0.3, -0.25) is 14.9 Å². The van der Waals surface area contributed by atoms with Crippen LogP contribution in [0.4, 0.5) is 10.8 Å². The Morgan fingerprint density at radius 1 is 0.914 bits per heavy atom. The molecule has 178 valence electrons. The zero-order valence-corrected chi connectivity index (χ0v) is 21.5. The molecule has 4 rings (SSSR count). The van der Waals surface area contributed by atoms with Gasteiger partial charge in [-0.05, 0) is 41.1 Å². The van der Waals surface area contributed by atoms with Gasteiger partial charge in [-0.2, -0.15) is 9.36 Å². The molecule has 2 amide bonds. The van der Waals surface area contributed by atoms with Gasteiger partial charge in [0.25, 0.3) is 0 Å². The number of rotatable bonds is 10. The van der Waals surface area contributed by atoms with E-state index >= 15 is 0 Å². The number of hydrogen-bond donors (Lipinski definition) is 2. The number of carbonyl (C=O) groups is 2. The van der Waals surface area contributed by atoms with E-state index in [2.05, 4.69) is 20.0 Å². The number of nitrogens with zero attached hydrogens (tertiary/aromatic N) is 2. The third-order valence-electron chi connectivity index (χ3n) is 4.85. The standard InChI is InChI=1S/C26H24N4O2S3/c1-2-33-26-29-25(35-30-26)28-24(32)23(19-11-7-4-8-12-19)34-21-15-13-20(14-16-21)27-22(31)17-18-9-5-3-6-10-18/h3-16,23H,2,17H2,1H3,(H,27,31)(H,28,29,30,32). The first-order valence-corrected chi connectivity index (χ1v) is 13.7. The van der Waals surface area contributed by atoms with Gasteiger partial charge in [-0.15, -0.1) is 11.8 Å². The van der Waals surface area contributed by atoms with Crippen LogP contribution in [0, 0.1) is 0 Å². The summed E-state index contributed by atoms with van der Waals surface area (Å²) in [5, 5.41) is 6.53. The maximum atomic E-state index is 13.2. The molecule has 4 aromatic rings. The smallest absolute Gasteiger partial charge is 0.244 e. The van der Waals surface area contributed by atoms with Crippen LogP contribution in [0.15, 0.2) is 95.0 Å². The van der Waals surface area contributed by atoms with E-state index in [9.17, 15) is 9.59 Å². The van der Waals surface area contributed by atoms with Crippen molar-refractivity contribution in [2.24, 2.45) is 0 Å². The number of amides is 2. The van der Waals surface area contributed by atoms with Crippen LogP contribution in [0.3, 0.4) is 0 Å². The molecule has 1 atom stereocenters. The second-order valence-corrected chi connectivity index (χ2v) is 10.6. The Balaban J connectivity index is 1.43. The summed E-state index contributed by atoms with van der Waals surface area (Å²) in [5.74, 6) is 0.636. The number of carbonyl (C=O) groups excluding carboxylic acids is 2. The first kappa shape index (κ1) is 25.0. The molecule has 1 unspecified atom stereocenters. The molecule has 0 fully saturated rings. The minimum absolute atomic E-state index is 0.0733. The number of anilines is 2. The Kier molecular flexibility index (Phi) is 8.94. The van der Waals surface area contributed by atoms with Gasteiger partial charge < -0.3 is 5.32 Å². The first-order valence-electron chi connectivity index (χ1n) is 11.0. The fraction of sp³-hybridized carbons (Fsp3) is 0.154. The molecular weight excluding hydrogens is 497 g/mol. The maximum absolute atomic E-state index is 13.2. The van der Waals surface area contributed by atoms with Gasteiger partial charge in [0, 0.05) is 22.1 Å². The van der Waals surface area contributed by atoms with Crippen molar-refractivity contribution in [3.63, 3.8) is 0 Å². The van der Waals surface area contributed by atoms with Crippen molar-refractivity contribution in [1.29, 1.82) is 0 Å². The number of aromatic nitrogens is 2. The maximum Gasteiger partial charge on any atom is 0.244 e. The highest BCUT2D eigenvalue weighted by Gasteiger charge is 2.23. The molecule has 6 nitrogen and oxygen atoms in total. The summed E-state index contributed by atoms with van der Waals surface area (Å²) < 4.78 is 4.27. The molecule has 9 heteroatoms. The molecule has 0 aliphatic rings. The minimum atomic E-state index is -0.471. The van der Waals surface area contributed by atoms with Crippen LogP contribution in [-0.4, -0.2) is 26.9 Å². The van der Waals surface area contributed by atoms with Crippen LogP contribution in [0.5, 0.6) is 0 Å². The molecule has 0 aliphatic carbocycles. The minimum Gasteiger partial charge on any atom is -0.326 e. The van der Waals surface area contributed by atoms with Crippen molar-refractivity contribution in [1.82, 2.24) is 9.36 Å². The fourth-order valence-corrected chi connectivity index (χ4v) is 5.56. The van der Waals surface area contributed by atoms with Gasteiger partial charge in [-0.25, -0.2) is 0 Å². The van der Waals surface area contributed by atoms with Crippen LogP contribution in [0.2, 0.25) is 0 Å². The Bertz CT molecular complexity index is 1250. The predicted octanol–water partition coefficient (Wildman–Crippen LogP) is 6.30. The monoisotopic (exact) mass is 520 g/mol. The lowest BCUT2D eigenvalue weighted by molar-refractivity contribution is -0.116. The van der Waals surface area contributed by atoms with Gasteiger partial charge >= 0.3 is 0 Å². The van der Waals surface area contributed by atoms with E-state index in [4.69, 9.17) is 0 Å². The zero-order valence-electron chi connectivity index (χ0n) is 19.0. The van der Waals surface area contributed by atoms with Gasteiger partial charge in [0.2, 0.25) is 22.1 Å². The number of nitrogens with one attached hydrogen (secondary N) is 2. The lowest BCUT2D eigenvalue weighted by Crippen LogP contribution is -2.19. The second-order valence-electron chi connectivity index (χ2n) is 7.45. The Morgan fingerprint density at radius 3 is 2.29 bits per heavy atom. The lowest BCUT2D eigenvalue weighted by Gasteiger charge is -2.16. The molecular formula is C26H24N4O2S3. The lowest BCUT2D eigenvalue weighted by atomic mass is 10.1. The Morgan fingerprint density at radius 2 is 1.60 bits per heavy atom. The van der Waals surface area contributed by atoms with Crippen LogP contribution >= 0.6 is 35.1 Å². The van der Waals surface area contributed by atoms with Crippen molar-refractivity contribution >= 4 is 57.7 Å². The molecule has 0 saturated heterocycles. The SMILES string of the molecule is CCSc1nsc(NC(=O)C(Sc2ccc(NC(=O)Cc3ccccc3)cc2)c2ccccc2)n1. The van der Waals surface area contributed by atoms with E-state index in [1.807, 2.05) is 91.9 Å².